The molecule has 0 fully saturated rings. The van der Waals surface area contributed by atoms with Gasteiger partial charge in [0.1, 0.15) is 5.76 Å². The smallest absolute Gasteiger partial charge is 0.282 e. The summed E-state index contributed by atoms with van der Waals surface area (Å²) >= 11 is 3.45. The quantitative estimate of drug-likeness (QED) is 0.730. The van der Waals surface area contributed by atoms with Crippen LogP contribution in [0.3, 0.4) is 0 Å². The van der Waals surface area contributed by atoms with Gasteiger partial charge in [-0.25, -0.2) is 0 Å². The molecule has 0 atom stereocenters. The molecule has 4 rings (SSSR count). The van der Waals surface area contributed by atoms with Gasteiger partial charge in [0.15, 0.2) is 11.7 Å². The number of hydrogen-bond acceptors (Lipinski definition) is 3. The number of amides is 1. The topological polar surface area (TPSA) is 70.7 Å². The lowest BCUT2D eigenvalue weighted by Gasteiger charge is -2.22. The van der Waals surface area contributed by atoms with Crippen molar-refractivity contribution in [1.82, 2.24) is 9.63 Å². The average Bonchev–Trinajstić information content (AvgIpc) is 3.12. The van der Waals surface area contributed by atoms with Gasteiger partial charge in [-0.3, -0.25) is 10.2 Å². The molecule has 1 amide bonds. The molecule has 0 saturated heterocycles. The van der Waals surface area contributed by atoms with Gasteiger partial charge in [-0.2, -0.15) is 4.99 Å². The van der Waals surface area contributed by atoms with E-state index in [1.165, 1.54) is 5.06 Å². The van der Waals surface area contributed by atoms with Crippen LogP contribution in [0.25, 0.3) is 11.8 Å². The second-order valence-electron chi connectivity index (χ2n) is 6.46. The van der Waals surface area contributed by atoms with Crippen LogP contribution in [0.5, 0.6) is 0 Å². The Hall–Kier alpha value is -2.93. The van der Waals surface area contributed by atoms with Crippen molar-refractivity contribution in [3.8, 4) is 5.69 Å². The Kier molecular flexibility index (Phi) is 4.11. The number of allylic oxidation sites excluding steroid dienone is 1. The number of nitrogens with zero attached hydrogens (tertiary/aromatic N) is 3. The van der Waals surface area contributed by atoms with Crippen molar-refractivity contribution in [2.24, 2.45) is 4.99 Å². The number of nitrogens with one attached hydrogen (secondary N) is 1. The first-order chi connectivity index (χ1) is 12.8. The number of fused-ring (bicyclic) bond motifs is 1. The molecule has 0 spiro atoms. The number of carbonyl (C=O) groups excluding carboxylic acids is 1. The van der Waals surface area contributed by atoms with Crippen LogP contribution in [0.2, 0.25) is 0 Å². The molecule has 1 N–H and O–H groups in total. The summed E-state index contributed by atoms with van der Waals surface area (Å²) in [5.74, 6) is 0.502. The van der Waals surface area contributed by atoms with Crippen molar-refractivity contribution in [2.45, 2.75) is 20.8 Å². The third kappa shape index (κ3) is 2.94. The molecular weight excluding hydrogens is 408 g/mol. The number of rotatable bonds is 2. The number of benzene rings is 1. The maximum absolute atomic E-state index is 12.4. The highest BCUT2D eigenvalue weighted by atomic mass is 79.9. The maximum atomic E-state index is 12.4. The minimum atomic E-state index is -0.436. The lowest BCUT2D eigenvalue weighted by Crippen LogP contribution is -2.38. The fraction of sp³-hybridized carbons (Fsp3) is 0.150. The molecule has 1 aromatic carbocycles. The molecule has 27 heavy (non-hydrogen) atoms. The standard InChI is InChI=1S/C20H17BrN4O2/c1-11-8-14(13(3)24(11)16-6-4-15(21)5-7-16)10-17-19(22)25-18(23-20(17)26)9-12(2)27-25/h4-10,22H,1-3H3/b17-10-,22-19?. The van der Waals surface area contributed by atoms with E-state index in [4.69, 9.17) is 10.2 Å². The predicted molar refractivity (Wildman–Crippen MR) is 108 cm³/mol. The molecule has 0 unspecified atom stereocenters. The summed E-state index contributed by atoms with van der Waals surface area (Å²) in [5, 5.41) is 9.62. The van der Waals surface area contributed by atoms with Gasteiger partial charge in [0, 0.05) is 27.6 Å². The summed E-state index contributed by atoms with van der Waals surface area (Å²) in [7, 11) is 0. The summed E-state index contributed by atoms with van der Waals surface area (Å²) in [5.41, 5.74) is 4.12. The molecule has 136 valence electrons. The lowest BCUT2D eigenvalue weighted by molar-refractivity contribution is -0.114. The minimum Gasteiger partial charge on any atom is -0.376 e. The first-order valence-corrected chi connectivity index (χ1v) is 9.19. The fourth-order valence-corrected chi connectivity index (χ4v) is 3.54. The van der Waals surface area contributed by atoms with Crippen LogP contribution < -0.4 is 0 Å². The second-order valence-corrected chi connectivity index (χ2v) is 7.38. The zero-order valence-corrected chi connectivity index (χ0v) is 16.7. The second kappa shape index (κ2) is 6.35. The molecule has 0 radical (unpaired) electrons. The maximum Gasteiger partial charge on any atom is 0.282 e. The van der Waals surface area contributed by atoms with E-state index in [1.807, 2.05) is 44.2 Å². The van der Waals surface area contributed by atoms with Crippen LogP contribution in [0, 0.1) is 19.3 Å². The van der Waals surface area contributed by atoms with Crippen LogP contribution in [-0.4, -0.2) is 27.2 Å². The van der Waals surface area contributed by atoms with E-state index >= 15 is 0 Å². The van der Waals surface area contributed by atoms with Gasteiger partial charge in [-0.05, 0) is 62.7 Å². The summed E-state index contributed by atoms with van der Waals surface area (Å²) < 4.78 is 3.13. The number of aromatic nitrogens is 1. The van der Waals surface area contributed by atoms with Gasteiger partial charge < -0.3 is 9.40 Å². The van der Waals surface area contributed by atoms with E-state index in [0.717, 1.165) is 27.1 Å². The van der Waals surface area contributed by atoms with E-state index in [2.05, 4.69) is 25.5 Å². The summed E-state index contributed by atoms with van der Waals surface area (Å²) in [6.45, 7) is 5.76. The number of carbonyl (C=O) groups is 1. The zero-order valence-electron chi connectivity index (χ0n) is 15.1. The largest absolute Gasteiger partial charge is 0.376 e. The first-order valence-electron chi connectivity index (χ1n) is 8.40. The molecule has 0 bridgehead atoms. The summed E-state index contributed by atoms with van der Waals surface area (Å²) in [6.07, 6.45) is 3.35. The minimum absolute atomic E-state index is 0.00783. The monoisotopic (exact) mass is 424 g/mol. The van der Waals surface area contributed by atoms with Crippen molar-refractivity contribution in [2.75, 3.05) is 0 Å². The Morgan fingerprint density at radius 2 is 1.89 bits per heavy atom. The Balaban J connectivity index is 1.75. The van der Waals surface area contributed by atoms with Crippen LogP contribution in [0.1, 0.15) is 23.9 Å². The van der Waals surface area contributed by atoms with E-state index in [-0.39, 0.29) is 11.4 Å². The zero-order chi connectivity index (χ0) is 19.3. The van der Waals surface area contributed by atoms with E-state index in [1.54, 1.807) is 19.1 Å². The third-order valence-corrected chi connectivity index (χ3v) is 5.06. The van der Waals surface area contributed by atoms with E-state index < -0.39 is 5.91 Å². The number of amidine groups is 2. The van der Waals surface area contributed by atoms with E-state index in [9.17, 15) is 4.79 Å². The highest BCUT2D eigenvalue weighted by molar-refractivity contribution is 9.10. The van der Waals surface area contributed by atoms with Crippen LogP contribution in [0.15, 0.2) is 57.2 Å². The normalized spacial score (nSPS) is 17.8. The molecular formula is C20H17BrN4O2. The third-order valence-electron chi connectivity index (χ3n) is 4.54. The van der Waals surface area contributed by atoms with Gasteiger partial charge in [0.05, 0.1) is 5.57 Å². The van der Waals surface area contributed by atoms with Gasteiger partial charge >= 0.3 is 0 Å². The Morgan fingerprint density at radius 1 is 1.19 bits per heavy atom. The Labute approximate surface area is 165 Å². The van der Waals surface area contributed by atoms with Gasteiger partial charge in [0.2, 0.25) is 0 Å². The summed E-state index contributed by atoms with van der Waals surface area (Å²) in [6, 6.07) is 10.0. The number of aliphatic imine (C=N–C) groups is 1. The molecule has 3 heterocycles. The molecule has 0 aliphatic carbocycles. The molecule has 2 aliphatic rings. The van der Waals surface area contributed by atoms with Crippen molar-refractivity contribution < 1.29 is 9.63 Å². The van der Waals surface area contributed by atoms with E-state index in [0.29, 0.717) is 11.6 Å². The average molecular weight is 425 g/mol. The first kappa shape index (κ1) is 17.5. The van der Waals surface area contributed by atoms with Crippen molar-refractivity contribution in [3.63, 3.8) is 0 Å². The van der Waals surface area contributed by atoms with Crippen LogP contribution >= 0.6 is 15.9 Å². The van der Waals surface area contributed by atoms with Crippen LogP contribution in [0.4, 0.5) is 0 Å². The molecule has 7 heteroatoms. The number of hydroxylamine groups is 2. The number of hydrogen-bond donors (Lipinski definition) is 1. The Bertz CT molecular complexity index is 1070. The molecule has 6 nitrogen and oxygen atoms in total. The molecule has 0 saturated carbocycles. The highest BCUT2D eigenvalue weighted by Gasteiger charge is 2.34. The Morgan fingerprint density at radius 3 is 2.59 bits per heavy atom. The molecule has 2 aromatic rings. The summed E-state index contributed by atoms with van der Waals surface area (Å²) in [4.78, 5) is 21.9. The number of halogens is 1. The predicted octanol–water partition coefficient (Wildman–Crippen LogP) is 4.31. The van der Waals surface area contributed by atoms with Gasteiger partial charge in [0.25, 0.3) is 5.91 Å². The highest BCUT2D eigenvalue weighted by Crippen LogP contribution is 2.27. The molecule has 2 aliphatic heterocycles. The van der Waals surface area contributed by atoms with Crippen molar-refractivity contribution in [3.05, 3.63) is 69.2 Å². The lowest BCUT2D eigenvalue weighted by atomic mass is 10.1. The van der Waals surface area contributed by atoms with Crippen LogP contribution in [-0.2, 0) is 9.63 Å². The molecule has 1 aromatic heterocycles. The number of aryl methyl sites for hydroxylation is 1. The van der Waals surface area contributed by atoms with Gasteiger partial charge in [-0.15, -0.1) is 5.06 Å². The SMILES string of the molecule is CC1=CC2=NC(=O)/C(=C\c3cc(C)n(-c4ccc(Br)cc4)c3C)C(=N)N2O1. The van der Waals surface area contributed by atoms with Crippen molar-refractivity contribution in [1.29, 1.82) is 5.41 Å². The van der Waals surface area contributed by atoms with Gasteiger partial charge in [-0.1, -0.05) is 15.9 Å². The van der Waals surface area contributed by atoms with Crippen molar-refractivity contribution >= 4 is 39.6 Å². The fourth-order valence-electron chi connectivity index (χ4n) is 3.28.